The summed E-state index contributed by atoms with van der Waals surface area (Å²) in [6, 6.07) is 0. The van der Waals surface area contributed by atoms with Crippen molar-refractivity contribution in [3.8, 4) is 0 Å². The topological polar surface area (TPSA) is 26.3 Å². The van der Waals surface area contributed by atoms with E-state index in [0.717, 1.165) is 0 Å². The minimum absolute atomic E-state index is 0.211. The summed E-state index contributed by atoms with van der Waals surface area (Å²) in [5.41, 5.74) is 0. The van der Waals surface area contributed by atoms with Gasteiger partial charge in [-0.25, -0.2) is 0 Å². The first-order chi connectivity index (χ1) is 2.77. The number of carbonyl (C=O) groups is 1. The van der Waals surface area contributed by atoms with E-state index in [1.54, 1.807) is 6.92 Å². The summed E-state index contributed by atoms with van der Waals surface area (Å²) in [6.45, 7) is 2.26. The fourth-order valence-electron chi connectivity index (χ4n) is 0.131. The molecule has 0 aromatic rings. The molecule has 0 aliphatic carbocycles. The third-order valence-electron chi connectivity index (χ3n) is 0.275. The zero-order valence-corrected chi connectivity index (χ0v) is 5.62. The number of rotatable bonds is 1. The molecule has 3 heteroatoms. The third-order valence-corrected chi connectivity index (χ3v) is 0.578. The normalized spacial score (nSPS) is 7.67. The molecule has 3 radical (unpaired) electrons. The summed E-state index contributed by atoms with van der Waals surface area (Å²) in [5, 5.41) is 0. The van der Waals surface area contributed by atoms with Crippen LogP contribution in [0.5, 0.6) is 0 Å². The second-order valence-electron chi connectivity index (χ2n) is 0.720. The van der Waals surface area contributed by atoms with Crippen LogP contribution in [0.2, 0.25) is 0 Å². The van der Waals surface area contributed by atoms with Crippen molar-refractivity contribution in [2.45, 2.75) is 6.92 Å². The molecule has 2 nitrogen and oxygen atoms in total. The number of hydrogen-bond acceptors (Lipinski definition) is 2. The molecule has 0 amide bonds. The van der Waals surface area contributed by atoms with Gasteiger partial charge in [0, 0.05) is 0 Å². The molecule has 0 atom stereocenters. The molecule has 0 aliphatic heterocycles. The standard InChI is InChI=1S/C3H5GeO2/c1-2-6-3(4)5/h2H2,1H3. The Balaban J connectivity index is 2.83. The molecular formula is C3H5GeO2. The SMILES string of the molecule is CCO[C](=O)[Ge]. The summed E-state index contributed by atoms with van der Waals surface area (Å²) >= 11 is 1.39. The average molecular weight is 146 g/mol. The molecule has 0 heterocycles. The van der Waals surface area contributed by atoms with Gasteiger partial charge < -0.3 is 0 Å². The second kappa shape index (κ2) is 3.21. The molecule has 0 spiro atoms. The van der Waals surface area contributed by atoms with Crippen LogP contribution in [-0.4, -0.2) is 27.9 Å². The van der Waals surface area contributed by atoms with Crippen LogP contribution in [-0.2, 0) is 4.74 Å². The second-order valence-corrected chi connectivity index (χ2v) is 1.58. The average Bonchev–Trinajstić information content (AvgIpc) is 1.35. The Morgan fingerprint density at radius 2 is 2.50 bits per heavy atom. The van der Waals surface area contributed by atoms with Gasteiger partial charge in [0.05, 0.1) is 0 Å². The Hall–Kier alpha value is 0.0129. The summed E-state index contributed by atoms with van der Waals surface area (Å²) in [6.07, 6.45) is 0. The summed E-state index contributed by atoms with van der Waals surface area (Å²) in [7, 11) is 0. The van der Waals surface area contributed by atoms with Crippen molar-refractivity contribution in [2.24, 2.45) is 0 Å². The predicted octanol–water partition coefficient (Wildman–Crippen LogP) is 0.311. The van der Waals surface area contributed by atoms with Gasteiger partial charge in [-0.3, -0.25) is 0 Å². The maximum absolute atomic E-state index is 9.82. The van der Waals surface area contributed by atoms with E-state index in [2.05, 4.69) is 4.74 Å². The van der Waals surface area contributed by atoms with E-state index in [4.69, 9.17) is 0 Å². The Bertz CT molecular complexity index is 52.8. The molecule has 0 unspecified atom stereocenters. The molecule has 0 fully saturated rings. The molecule has 0 saturated heterocycles. The van der Waals surface area contributed by atoms with Gasteiger partial charge in [0.15, 0.2) is 0 Å². The molecule has 0 bridgehead atoms. The fourth-order valence-corrected chi connectivity index (χ4v) is 0.434. The van der Waals surface area contributed by atoms with Crippen LogP contribution < -0.4 is 0 Å². The van der Waals surface area contributed by atoms with Crippen molar-refractivity contribution in [2.75, 3.05) is 6.61 Å². The van der Waals surface area contributed by atoms with Crippen LogP contribution in [0, 0.1) is 0 Å². The molecular weight excluding hydrogens is 141 g/mol. The first-order valence-corrected chi connectivity index (χ1v) is 2.70. The van der Waals surface area contributed by atoms with Gasteiger partial charge in [0.25, 0.3) is 0 Å². The van der Waals surface area contributed by atoms with E-state index in [9.17, 15) is 4.79 Å². The van der Waals surface area contributed by atoms with Gasteiger partial charge in [-0.1, -0.05) is 0 Å². The van der Waals surface area contributed by atoms with Gasteiger partial charge >= 0.3 is 44.4 Å². The number of hydrogen-bond donors (Lipinski definition) is 0. The van der Waals surface area contributed by atoms with E-state index in [-0.39, 0.29) is 4.80 Å². The van der Waals surface area contributed by atoms with E-state index < -0.39 is 0 Å². The predicted molar refractivity (Wildman–Crippen MR) is 22.8 cm³/mol. The molecule has 0 aromatic carbocycles. The molecule has 0 aromatic heterocycles. The van der Waals surface area contributed by atoms with E-state index in [0.29, 0.717) is 6.61 Å². The van der Waals surface area contributed by atoms with Crippen molar-refractivity contribution in [1.29, 1.82) is 0 Å². The van der Waals surface area contributed by atoms with Crippen LogP contribution in [0.4, 0.5) is 4.79 Å². The van der Waals surface area contributed by atoms with Crippen molar-refractivity contribution < 1.29 is 9.53 Å². The van der Waals surface area contributed by atoms with Crippen LogP contribution in [0.25, 0.3) is 0 Å². The summed E-state index contributed by atoms with van der Waals surface area (Å²) in [5.74, 6) is 0. The van der Waals surface area contributed by atoms with Crippen LogP contribution in [0.3, 0.4) is 0 Å². The number of carbonyl (C=O) groups excluding carboxylic acids is 1. The van der Waals surface area contributed by atoms with Crippen molar-refractivity contribution in [3.63, 3.8) is 0 Å². The Morgan fingerprint density at radius 1 is 2.00 bits per heavy atom. The maximum atomic E-state index is 9.82. The van der Waals surface area contributed by atoms with E-state index in [1.807, 2.05) is 0 Å². The monoisotopic (exact) mass is 147 g/mol. The molecule has 0 N–H and O–H groups in total. The van der Waals surface area contributed by atoms with Gasteiger partial charge in [-0.2, -0.15) is 0 Å². The first-order valence-electron chi connectivity index (χ1n) is 1.65. The van der Waals surface area contributed by atoms with Gasteiger partial charge in [-0.15, -0.1) is 0 Å². The molecule has 6 heavy (non-hydrogen) atoms. The third kappa shape index (κ3) is 4.01. The van der Waals surface area contributed by atoms with E-state index in [1.165, 1.54) is 16.5 Å². The van der Waals surface area contributed by atoms with Gasteiger partial charge in [0.2, 0.25) is 0 Å². The van der Waals surface area contributed by atoms with Crippen LogP contribution >= 0.6 is 0 Å². The quantitative estimate of drug-likeness (QED) is 0.497. The minimum atomic E-state index is -0.211. The van der Waals surface area contributed by atoms with Gasteiger partial charge in [0.1, 0.15) is 0 Å². The summed E-state index contributed by atoms with van der Waals surface area (Å²) < 4.78 is 4.40. The van der Waals surface area contributed by atoms with Crippen molar-refractivity contribution in [3.05, 3.63) is 0 Å². The van der Waals surface area contributed by atoms with Gasteiger partial charge in [-0.05, 0) is 0 Å². The Morgan fingerprint density at radius 3 is 2.50 bits per heavy atom. The fraction of sp³-hybridized carbons (Fsp3) is 0.667. The zero-order chi connectivity index (χ0) is 4.99. The Labute approximate surface area is 45.1 Å². The number of ether oxygens (including phenoxy) is 1. The molecule has 0 rings (SSSR count). The first kappa shape index (κ1) is 6.01. The molecule has 33 valence electrons. The van der Waals surface area contributed by atoms with Crippen LogP contribution in [0.15, 0.2) is 0 Å². The molecule has 0 aliphatic rings. The summed E-state index contributed by atoms with van der Waals surface area (Å²) in [4.78, 5) is 9.61. The van der Waals surface area contributed by atoms with Crippen LogP contribution in [0.1, 0.15) is 6.92 Å². The zero-order valence-electron chi connectivity index (χ0n) is 3.52. The van der Waals surface area contributed by atoms with Crippen molar-refractivity contribution in [1.82, 2.24) is 0 Å². The molecule has 0 saturated carbocycles. The van der Waals surface area contributed by atoms with Crippen molar-refractivity contribution >= 4 is 21.3 Å². The van der Waals surface area contributed by atoms with E-state index >= 15 is 0 Å². The Kier molecular flexibility index (Phi) is 3.22.